The summed E-state index contributed by atoms with van der Waals surface area (Å²) in [4.78, 5) is 24.7. The number of methoxy groups -OCH3 is 2. The van der Waals surface area contributed by atoms with E-state index in [0.717, 1.165) is 12.0 Å². The minimum atomic E-state index is -1.39. The number of allylic oxidation sites excluding steroid dienone is 4. The Morgan fingerprint density at radius 3 is 2.41 bits per heavy atom. The molecule has 2 atom stereocenters. The van der Waals surface area contributed by atoms with Gasteiger partial charge in [-0.25, -0.2) is 0 Å². The van der Waals surface area contributed by atoms with Crippen LogP contribution in [-0.2, 0) is 19.1 Å². The number of fused-ring (bicyclic) bond motifs is 2. The predicted octanol–water partition coefficient (Wildman–Crippen LogP) is 2.63. The zero-order valence-electron chi connectivity index (χ0n) is 12.7. The Morgan fingerprint density at radius 2 is 1.95 bits per heavy atom. The molecule has 0 heterocycles. The van der Waals surface area contributed by atoms with E-state index in [-0.39, 0.29) is 6.42 Å². The molecule has 0 saturated heterocycles. The molecule has 0 N–H and O–H groups in total. The van der Waals surface area contributed by atoms with Gasteiger partial charge in [-0.3, -0.25) is 9.59 Å². The molecule has 0 radical (unpaired) electrons. The van der Waals surface area contributed by atoms with Crippen LogP contribution in [0, 0.1) is 29.1 Å². The van der Waals surface area contributed by atoms with Crippen molar-refractivity contribution in [2.24, 2.45) is 17.3 Å². The largest absolute Gasteiger partial charge is 0.468 e. The molecule has 5 heteroatoms. The summed E-state index contributed by atoms with van der Waals surface area (Å²) in [5.74, 6) is 5.27. The third-order valence-electron chi connectivity index (χ3n) is 4.26. The molecule has 2 aliphatic rings. The lowest BCUT2D eigenvalue weighted by Crippen LogP contribution is -2.41. The molecule has 4 nitrogen and oxygen atoms in total. The Hall–Kier alpha value is -1.54. The molecule has 0 fully saturated rings. The van der Waals surface area contributed by atoms with Crippen molar-refractivity contribution in [1.29, 1.82) is 0 Å². The monoisotopic (exact) mass is 366 g/mol. The summed E-state index contributed by atoms with van der Waals surface area (Å²) < 4.78 is 9.79. The molecule has 0 aromatic carbocycles. The van der Waals surface area contributed by atoms with Gasteiger partial charge in [0, 0.05) is 6.42 Å². The number of ether oxygens (including phenoxy) is 2. The molecule has 0 amide bonds. The summed E-state index contributed by atoms with van der Waals surface area (Å²) in [7, 11) is 2.57. The van der Waals surface area contributed by atoms with Gasteiger partial charge in [0.25, 0.3) is 0 Å². The highest BCUT2D eigenvalue weighted by atomic mass is 79.9. The first-order valence-corrected chi connectivity index (χ1v) is 8.27. The first kappa shape index (κ1) is 16.8. The van der Waals surface area contributed by atoms with E-state index < -0.39 is 17.4 Å². The first-order valence-electron chi connectivity index (χ1n) is 7.15. The van der Waals surface area contributed by atoms with Crippen molar-refractivity contribution in [1.82, 2.24) is 0 Å². The van der Waals surface area contributed by atoms with Crippen molar-refractivity contribution < 1.29 is 19.1 Å². The maximum Gasteiger partial charge on any atom is 0.324 e. The van der Waals surface area contributed by atoms with Crippen LogP contribution in [0.15, 0.2) is 23.8 Å². The van der Waals surface area contributed by atoms with Crippen LogP contribution in [0.1, 0.15) is 19.3 Å². The maximum absolute atomic E-state index is 12.4. The fraction of sp³-hybridized carbons (Fsp3) is 0.529. The molecule has 2 aliphatic carbocycles. The van der Waals surface area contributed by atoms with Gasteiger partial charge in [-0.05, 0) is 24.7 Å². The van der Waals surface area contributed by atoms with E-state index in [1.165, 1.54) is 14.2 Å². The third kappa shape index (κ3) is 3.12. The average molecular weight is 367 g/mol. The van der Waals surface area contributed by atoms with Crippen molar-refractivity contribution in [2.45, 2.75) is 19.3 Å². The predicted molar refractivity (Wildman–Crippen MR) is 86.1 cm³/mol. The van der Waals surface area contributed by atoms with Gasteiger partial charge in [0.1, 0.15) is 0 Å². The second-order valence-electron chi connectivity index (χ2n) is 5.54. The van der Waals surface area contributed by atoms with Crippen LogP contribution >= 0.6 is 15.9 Å². The number of carbonyl (C=O) groups excluding carboxylic acids is 2. The fourth-order valence-electron chi connectivity index (χ4n) is 3.15. The number of hydrogen-bond donors (Lipinski definition) is 0. The van der Waals surface area contributed by atoms with Crippen LogP contribution in [0.3, 0.4) is 0 Å². The average Bonchev–Trinajstić information content (AvgIpc) is 3.15. The van der Waals surface area contributed by atoms with E-state index in [1.807, 2.05) is 0 Å². The van der Waals surface area contributed by atoms with Gasteiger partial charge in [0.2, 0.25) is 0 Å². The molecule has 22 heavy (non-hydrogen) atoms. The van der Waals surface area contributed by atoms with Gasteiger partial charge in [-0.15, -0.1) is 5.92 Å². The molecule has 2 rings (SSSR count). The Labute approximate surface area is 139 Å². The van der Waals surface area contributed by atoms with Gasteiger partial charge in [-0.1, -0.05) is 45.7 Å². The van der Waals surface area contributed by atoms with Crippen LogP contribution in [-0.4, -0.2) is 31.5 Å². The molecule has 0 aliphatic heterocycles. The SMILES string of the molecule is COC(=O)C(CC#CCBr)(CC1=CC2C=CC1C2)C(=O)OC. The molecule has 0 aromatic rings. The minimum Gasteiger partial charge on any atom is -0.468 e. The van der Waals surface area contributed by atoms with Gasteiger partial charge >= 0.3 is 11.9 Å². The topological polar surface area (TPSA) is 52.6 Å². The number of alkyl halides is 1. The van der Waals surface area contributed by atoms with Gasteiger partial charge < -0.3 is 9.47 Å². The van der Waals surface area contributed by atoms with Crippen molar-refractivity contribution in [3.8, 4) is 11.8 Å². The van der Waals surface area contributed by atoms with Crippen LogP contribution < -0.4 is 0 Å². The van der Waals surface area contributed by atoms with E-state index in [1.54, 1.807) is 0 Å². The third-order valence-corrected chi connectivity index (χ3v) is 4.54. The van der Waals surface area contributed by atoms with E-state index in [0.29, 0.717) is 23.6 Å². The molecule has 0 spiro atoms. The number of hydrogen-bond acceptors (Lipinski definition) is 4. The van der Waals surface area contributed by atoms with E-state index in [4.69, 9.17) is 9.47 Å². The van der Waals surface area contributed by atoms with Crippen LogP contribution in [0.5, 0.6) is 0 Å². The fourth-order valence-corrected chi connectivity index (χ4v) is 3.35. The highest BCUT2D eigenvalue weighted by Crippen LogP contribution is 2.45. The van der Waals surface area contributed by atoms with Gasteiger partial charge in [-0.2, -0.15) is 0 Å². The Kier molecular flexibility index (Phi) is 5.47. The lowest BCUT2D eigenvalue weighted by Gasteiger charge is -2.28. The number of carbonyl (C=O) groups is 2. The van der Waals surface area contributed by atoms with Gasteiger partial charge in [0.15, 0.2) is 5.41 Å². The second-order valence-corrected chi connectivity index (χ2v) is 6.10. The van der Waals surface area contributed by atoms with Crippen molar-refractivity contribution >= 4 is 27.9 Å². The number of rotatable bonds is 5. The molecule has 0 aromatic heterocycles. The lowest BCUT2D eigenvalue weighted by molar-refractivity contribution is -0.168. The minimum absolute atomic E-state index is 0.0936. The standard InChI is InChI=1S/C17H19BrO4/c1-21-15(19)17(16(20)22-2,7-3-4-8-18)11-14-10-12-5-6-13(14)9-12/h5-6,10,12-13H,7-9,11H2,1-2H3. The second kappa shape index (κ2) is 7.15. The van der Waals surface area contributed by atoms with Gasteiger partial charge in [0.05, 0.1) is 19.5 Å². The summed E-state index contributed by atoms with van der Waals surface area (Å²) in [5.41, 5.74) is -0.285. The summed E-state index contributed by atoms with van der Waals surface area (Å²) in [6.07, 6.45) is 7.87. The first-order chi connectivity index (χ1) is 10.6. The number of esters is 2. The summed E-state index contributed by atoms with van der Waals surface area (Å²) in [6.45, 7) is 0. The molecule has 2 unspecified atom stereocenters. The van der Waals surface area contributed by atoms with E-state index >= 15 is 0 Å². The van der Waals surface area contributed by atoms with Crippen LogP contribution in [0.4, 0.5) is 0 Å². The molecule has 118 valence electrons. The highest BCUT2D eigenvalue weighted by Gasteiger charge is 2.50. The van der Waals surface area contributed by atoms with E-state index in [9.17, 15) is 9.59 Å². The van der Waals surface area contributed by atoms with Crippen molar-refractivity contribution in [2.75, 3.05) is 19.5 Å². The zero-order valence-corrected chi connectivity index (χ0v) is 14.3. The molecular formula is C17H19BrO4. The number of halogens is 1. The normalized spacial score (nSPS) is 21.9. The highest BCUT2D eigenvalue weighted by molar-refractivity contribution is 9.09. The zero-order chi connectivity index (χ0) is 16.2. The lowest BCUT2D eigenvalue weighted by atomic mass is 9.76. The summed E-state index contributed by atoms with van der Waals surface area (Å²) in [6, 6.07) is 0. The molecule has 2 bridgehead atoms. The Bertz CT molecular complexity index is 563. The van der Waals surface area contributed by atoms with Crippen molar-refractivity contribution in [3.05, 3.63) is 23.8 Å². The summed E-state index contributed by atoms with van der Waals surface area (Å²) >= 11 is 3.21. The Balaban J connectivity index is 2.31. The molecule has 0 saturated carbocycles. The quantitative estimate of drug-likeness (QED) is 0.247. The molecular weight excluding hydrogens is 348 g/mol. The smallest absolute Gasteiger partial charge is 0.324 e. The van der Waals surface area contributed by atoms with Crippen LogP contribution in [0.25, 0.3) is 0 Å². The summed E-state index contributed by atoms with van der Waals surface area (Å²) in [5, 5.41) is 0.488. The Morgan fingerprint density at radius 1 is 1.27 bits per heavy atom. The maximum atomic E-state index is 12.4. The van der Waals surface area contributed by atoms with E-state index in [2.05, 4.69) is 46.0 Å². The van der Waals surface area contributed by atoms with Crippen LogP contribution in [0.2, 0.25) is 0 Å². The van der Waals surface area contributed by atoms with Crippen molar-refractivity contribution in [3.63, 3.8) is 0 Å².